The molecule has 0 radical (unpaired) electrons. The van der Waals surface area contributed by atoms with E-state index in [-0.39, 0.29) is 24.5 Å². The molecule has 1 saturated heterocycles. The monoisotopic (exact) mass is 352 g/mol. The molecule has 136 valence electrons. The first-order chi connectivity index (χ1) is 12.6. The van der Waals surface area contributed by atoms with Gasteiger partial charge in [0.05, 0.1) is 6.04 Å². The number of ether oxygens (including phenoxy) is 1. The number of nitrogens with zero attached hydrogens (tertiary/aromatic N) is 1. The van der Waals surface area contributed by atoms with E-state index in [0.717, 1.165) is 11.1 Å². The summed E-state index contributed by atoms with van der Waals surface area (Å²) in [5, 5.41) is 2.90. The zero-order valence-electron chi connectivity index (χ0n) is 15.1. The third kappa shape index (κ3) is 4.04. The lowest BCUT2D eigenvalue weighted by Gasteiger charge is -2.45. The van der Waals surface area contributed by atoms with E-state index in [4.69, 9.17) is 4.74 Å². The fourth-order valence-electron chi connectivity index (χ4n) is 3.12. The molecule has 1 aliphatic heterocycles. The first-order valence-corrected chi connectivity index (χ1v) is 8.88. The van der Waals surface area contributed by atoms with Crippen LogP contribution < -0.4 is 5.32 Å². The van der Waals surface area contributed by atoms with Crippen molar-refractivity contribution < 1.29 is 14.3 Å². The number of carbonyl (C=O) groups is 2. The van der Waals surface area contributed by atoms with E-state index >= 15 is 0 Å². The van der Waals surface area contributed by atoms with Crippen molar-refractivity contribution in [1.29, 1.82) is 0 Å². The van der Waals surface area contributed by atoms with Gasteiger partial charge < -0.3 is 10.1 Å². The van der Waals surface area contributed by atoms with Crippen LogP contribution in [0.4, 0.5) is 4.79 Å². The second-order valence-electron chi connectivity index (χ2n) is 6.88. The predicted molar refractivity (Wildman–Crippen MR) is 99.2 cm³/mol. The van der Waals surface area contributed by atoms with E-state index in [9.17, 15) is 9.59 Å². The number of nitrogens with one attached hydrogen (secondary N) is 1. The second kappa shape index (κ2) is 8.04. The van der Waals surface area contributed by atoms with Crippen LogP contribution in [0.1, 0.15) is 25.0 Å². The molecule has 1 heterocycles. The van der Waals surface area contributed by atoms with Crippen LogP contribution in [0.5, 0.6) is 0 Å². The number of β-lactam (4-membered cyclic amide) rings is 1. The summed E-state index contributed by atoms with van der Waals surface area (Å²) in [5.41, 5.74) is 1.88. The van der Waals surface area contributed by atoms with Crippen molar-refractivity contribution in [3.8, 4) is 0 Å². The predicted octanol–water partition coefficient (Wildman–Crippen LogP) is 3.35. The molecule has 0 aromatic heterocycles. The molecule has 5 heteroatoms. The molecule has 0 unspecified atom stereocenters. The summed E-state index contributed by atoms with van der Waals surface area (Å²) in [6.45, 7) is 4.60. The Hall–Kier alpha value is -2.82. The highest BCUT2D eigenvalue weighted by Gasteiger charge is 2.47. The number of carbonyl (C=O) groups excluding carboxylic acids is 2. The normalized spacial score (nSPS) is 18.8. The minimum atomic E-state index is -0.501. The topological polar surface area (TPSA) is 58.6 Å². The van der Waals surface area contributed by atoms with Gasteiger partial charge in [0.2, 0.25) is 5.91 Å². The fraction of sp³-hybridized carbons (Fsp3) is 0.333. The molecule has 0 spiro atoms. The lowest BCUT2D eigenvalue weighted by Crippen LogP contribution is -2.71. The summed E-state index contributed by atoms with van der Waals surface area (Å²) >= 11 is 0. The van der Waals surface area contributed by atoms with Gasteiger partial charge in [-0.2, -0.15) is 0 Å². The largest absolute Gasteiger partial charge is 0.445 e. The molecule has 2 atom stereocenters. The summed E-state index contributed by atoms with van der Waals surface area (Å²) in [4.78, 5) is 26.5. The Labute approximate surface area is 154 Å². The fourth-order valence-corrected chi connectivity index (χ4v) is 3.12. The third-order valence-electron chi connectivity index (χ3n) is 4.61. The minimum Gasteiger partial charge on any atom is -0.445 e. The van der Waals surface area contributed by atoms with Crippen LogP contribution in [0, 0.1) is 5.92 Å². The molecule has 3 rings (SSSR count). The Balaban J connectivity index is 1.75. The van der Waals surface area contributed by atoms with Gasteiger partial charge in [0.1, 0.15) is 12.6 Å². The average Bonchev–Trinajstić information content (AvgIpc) is 2.65. The maximum absolute atomic E-state index is 12.8. The number of hydrogen-bond donors (Lipinski definition) is 1. The lowest BCUT2D eigenvalue weighted by atomic mass is 9.87. The van der Waals surface area contributed by atoms with Crippen molar-refractivity contribution in [2.45, 2.75) is 39.1 Å². The Kier molecular flexibility index (Phi) is 5.56. The Bertz CT molecular complexity index is 746. The van der Waals surface area contributed by atoms with E-state index in [1.807, 2.05) is 74.5 Å². The Morgan fingerprint density at radius 3 is 2.15 bits per heavy atom. The van der Waals surface area contributed by atoms with Crippen molar-refractivity contribution in [2.75, 3.05) is 0 Å². The van der Waals surface area contributed by atoms with E-state index in [1.54, 1.807) is 4.90 Å². The average molecular weight is 352 g/mol. The smallest absolute Gasteiger partial charge is 0.411 e. The molecule has 0 bridgehead atoms. The highest BCUT2D eigenvalue weighted by Crippen LogP contribution is 2.24. The summed E-state index contributed by atoms with van der Waals surface area (Å²) in [6.07, 6.45) is -0.469. The van der Waals surface area contributed by atoms with Crippen LogP contribution in [0.25, 0.3) is 0 Å². The molecule has 5 nitrogen and oxygen atoms in total. The molecule has 2 aromatic rings. The molecular formula is C21H24N2O3. The molecule has 2 amide bonds. The Morgan fingerprint density at radius 2 is 1.62 bits per heavy atom. The maximum Gasteiger partial charge on any atom is 0.411 e. The van der Waals surface area contributed by atoms with Crippen LogP contribution in [0.3, 0.4) is 0 Å². The highest BCUT2D eigenvalue weighted by molar-refractivity contribution is 5.92. The first-order valence-electron chi connectivity index (χ1n) is 8.88. The van der Waals surface area contributed by atoms with Gasteiger partial charge in [0, 0.05) is 6.54 Å². The number of hydrogen-bond acceptors (Lipinski definition) is 3. The highest BCUT2D eigenvalue weighted by atomic mass is 16.6. The zero-order chi connectivity index (χ0) is 18.5. The Morgan fingerprint density at radius 1 is 1.04 bits per heavy atom. The van der Waals surface area contributed by atoms with E-state index < -0.39 is 12.1 Å². The van der Waals surface area contributed by atoms with Crippen LogP contribution in [-0.4, -0.2) is 29.0 Å². The van der Waals surface area contributed by atoms with Crippen LogP contribution in [0.2, 0.25) is 0 Å². The van der Waals surface area contributed by atoms with Gasteiger partial charge in [-0.15, -0.1) is 0 Å². The molecule has 26 heavy (non-hydrogen) atoms. The quantitative estimate of drug-likeness (QED) is 0.811. The van der Waals surface area contributed by atoms with Gasteiger partial charge in [-0.1, -0.05) is 74.5 Å². The summed E-state index contributed by atoms with van der Waals surface area (Å²) in [7, 11) is 0. The van der Waals surface area contributed by atoms with Gasteiger partial charge in [-0.05, 0) is 17.0 Å². The molecule has 1 aliphatic rings. The van der Waals surface area contributed by atoms with Gasteiger partial charge in [-0.3, -0.25) is 9.69 Å². The van der Waals surface area contributed by atoms with E-state index in [0.29, 0.717) is 6.54 Å². The van der Waals surface area contributed by atoms with Crippen molar-refractivity contribution in [3.63, 3.8) is 0 Å². The van der Waals surface area contributed by atoms with Gasteiger partial charge in [-0.25, -0.2) is 4.79 Å². The summed E-state index contributed by atoms with van der Waals surface area (Å²) < 4.78 is 5.50. The van der Waals surface area contributed by atoms with Crippen LogP contribution in [-0.2, 0) is 22.7 Å². The lowest BCUT2D eigenvalue weighted by molar-refractivity contribution is -0.138. The number of benzene rings is 2. The zero-order valence-corrected chi connectivity index (χ0v) is 15.1. The third-order valence-corrected chi connectivity index (χ3v) is 4.61. The number of amides is 2. The van der Waals surface area contributed by atoms with Crippen LogP contribution >= 0.6 is 0 Å². The maximum atomic E-state index is 12.8. The number of rotatable bonds is 6. The minimum absolute atomic E-state index is 0.0597. The van der Waals surface area contributed by atoms with E-state index in [2.05, 4.69) is 5.32 Å². The molecule has 2 aromatic carbocycles. The van der Waals surface area contributed by atoms with Gasteiger partial charge in [0.15, 0.2) is 0 Å². The summed E-state index contributed by atoms with van der Waals surface area (Å²) in [6, 6.07) is 18.6. The second-order valence-corrected chi connectivity index (χ2v) is 6.88. The van der Waals surface area contributed by atoms with Crippen molar-refractivity contribution >= 4 is 12.0 Å². The van der Waals surface area contributed by atoms with E-state index in [1.165, 1.54) is 0 Å². The van der Waals surface area contributed by atoms with Gasteiger partial charge >= 0.3 is 6.09 Å². The van der Waals surface area contributed by atoms with Crippen LogP contribution in [0.15, 0.2) is 60.7 Å². The first kappa shape index (κ1) is 18.0. The molecule has 1 fully saturated rings. The standard InChI is InChI=1S/C21H24N2O3/c1-15(2)18-19(20(24)22-18)23(13-16-9-5-3-6-10-16)21(25)26-14-17-11-7-4-8-12-17/h3-12,15,18-19H,13-14H2,1-2H3,(H,22,24)/t18-,19-/m1/s1. The van der Waals surface area contributed by atoms with Crippen molar-refractivity contribution in [2.24, 2.45) is 5.92 Å². The SMILES string of the molecule is CC(C)[C@H]1NC(=O)[C@@H]1N(Cc1ccccc1)C(=O)OCc1ccccc1. The van der Waals surface area contributed by atoms with Crippen molar-refractivity contribution in [1.82, 2.24) is 10.2 Å². The summed E-state index contributed by atoms with van der Waals surface area (Å²) in [5.74, 6) is 0.106. The molecule has 1 N–H and O–H groups in total. The van der Waals surface area contributed by atoms with Crippen molar-refractivity contribution in [3.05, 3.63) is 71.8 Å². The molecule has 0 aliphatic carbocycles. The van der Waals surface area contributed by atoms with Gasteiger partial charge in [0.25, 0.3) is 0 Å². The molecule has 0 saturated carbocycles. The molecular weight excluding hydrogens is 328 g/mol.